The Labute approximate surface area is 259 Å². The molecule has 0 bridgehead atoms. The van der Waals surface area contributed by atoms with Gasteiger partial charge in [-0.3, -0.25) is 14.5 Å². The minimum absolute atomic E-state index is 0.0000332. The van der Waals surface area contributed by atoms with Crippen molar-refractivity contribution in [2.75, 3.05) is 13.1 Å². The standard InChI is InChI=1S/C31H30F6N4O3S/c1-2-9-29(10-3-4-12-41(29)31(35,36)37)28(43)40-18-21-8-7-20(16-38)13-23(21)14-25(40)27(42)22-6-5-11-39(17-22)44-24-15-26(45-19-24)30(32,33)34/h3-4,7-8,10,12-13,15,19,22,25H,2,5-6,9,11,14,17-18H2,1H3/t22?,25-,29+/m0/s1. The first-order valence-corrected chi connectivity index (χ1v) is 15.3. The van der Waals surface area contributed by atoms with Crippen LogP contribution < -0.4 is 4.84 Å². The molecule has 1 saturated heterocycles. The second-order valence-electron chi connectivity index (χ2n) is 11.3. The van der Waals surface area contributed by atoms with Crippen LogP contribution in [0.15, 0.2) is 54.1 Å². The van der Waals surface area contributed by atoms with Gasteiger partial charge < -0.3 is 9.74 Å². The maximum atomic E-state index is 14.4. The van der Waals surface area contributed by atoms with Gasteiger partial charge in [0, 0.05) is 49.6 Å². The third-order valence-corrected chi connectivity index (χ3v) is 9.31. The minimum atomic E-state index is -4.88. The molecule has 240 valence electrons. The number of nitrogens with zero attached hydrogens (tertiary/aromatic N) is 4. The number of nitriles is 1. The number of piperidine rings is 1. The number of hydrogen-bond acceptors (Lipinski definition) is 7. The van der Waals surface area contributed by atoms with Gasteiger partial charge in [-0.05, 0) is 54.7 Å². The molecule has 0 saturated carbocycles. The largest absolute Gasteiger partial charge is 0.485 e. The number of hydrogen-bond donors (Lipinski definition) is 0. The molecular weight excluding hydrogens is 622 g/mol. The third-order valence-electron chi connectivity index (χ3n) is 8.35. The zero-order valence-corrected chi connectivity index (χ0v) is 25.0. The molecule has 1 amide bonds. The number of carbonyl (C=O) groups excluding carboxylic acids is 2. The second-order valence-corrected chi connectivity index (χ2v) is 12.2. The van der Waals surface area contributed by atoms with Crippen LogP contribution in [-0.4, -0.2) is 57.5 Å². The first-order chi connectivity index (χ1) is 21.3. The number of Topliss-reactive ketones (excluding diaryl/α,β-unsaturated/α-hetero) is 1. The molecule has 45 heavy (non-hydrogen) atoms. The smallest absolute Gasteiger partial charge is 0.405 e. The van der Waals surface area contributed by atoms with Crippen molar-refractivity contribution >= 4 is 23.0 Å². The lowest BCUT2D eigenvalue weighted by molar-refractivity contribution is -0.252. The van der Waals surface area contributed by atoms with Crippen LogP contribution in [0.1, 0.15) is 54.2 Å². The number of ketones is 1. The fourth-order valence-corrected chi connectivity index (χ4v) is 6.97. The summed E-state index contributed by atoms with van der Waals surface area (Å²) in [7, 11) is 0. The summed E-state index contributed by atoms with van der Waals surface area (Å²) in [6.07, 6.45) is -3.78. The molecule has 4 heterocycles. The molecule has 3 aliphatic rings. The van der Waals surface area contributed by atoms with Crippen molar-refractivity contribution in [3.05, 3.63) is 75.6 Å². The van der Waals surface area contributed by atoms with Crippen molar-refractivity contribution in [1.82, 2.24) is 14.9 Å². The predicted molar refractivity (Wildman–Crippen MR) is 152 cm³/mol. The van der Waals surface area contributed by atoms with E-state index in [-0.39, 0.29) is 48.8 Å². The zero-order valence-electron chi connectivity index (χ0n) is 24.2. The molecule has 1 unspecified atom stereocenters. The predicted octanol–water partition coefficient (Wildman–Crippen LogP) is 6.61. The number of carbonyl (C=O) groups is 2. The number of halogens is 6. The van der Waals surface area contributed by atoms with Gasteiger partial charge in [-0.25, -0.2) is 0 Å². The Kier molecular flexibility index (Phi) is 9.06. The number of fused-ring (bicyclic) bond motifs is 1. The van der Waals surface area contributed by atoms with E-state index in [1.165, 1.54) is 33.6 Å². The van der Waals surface area contributed by atoms with Gasteiger partial charge in [0.15, 0.2) is 11.5 Å². The van der Waals surface area contributed by atoms with Gasteiger partial charge in [0.05, 0.1) is 17.7 Å². The highest BCUT2D eigenvalue weighted by molar-refractivity contribution is 7.10. The first kappa shape index (κ1) is 32.6. The Hall–Kier alpha value is -3.83. The van der Waals surface area contributed by atoms with E-state index in [2.05, 4.69) is 0 Å². The molecular formula is C31H30F6N4O3S. The van der Waals surface area contributed by atoms with Gasteiger partial charge in [0.2, 0.25) is 0 Å². The van der Waals surface area contributed by atoms with E-state index in [4.69, 9.17) is 4.84 Å². The van der Waals surface area contributed by atoms with Crippen LogP contribution in [0.5, 0.6) is 5.75 Å². The van der Waals surface area contributed by atoms with E-state index in [1.807, 2.05) is 6.07 Å². The summed E-state index contributed by atoms with van der Waals surface area (Å²) in [4.78, 5) is 34.8. The highest BCUT2D eigenvalue weighted by Crippen LogP contribution is 2.41. The van der Waals surface area contributed by atoms with E-state index in [0.717, 1.165) is 12.3 Å². The van der Waals surface area contributed by atoms with Crippen LogP contribution in [0, 0.1) is 17.2 Å². The van der Waals surface area contributed by atoms with Crippen molar-refractivity contribution in [3.8, 4) is 11.8 Å². The van der Waals surface area contributed by atoms with Crippen LogP contribution in [-0.2, 0) is 28.7 Å². The van der Waals surface area contributed by atoms with Gasteiger partial charge in [-0.2, -0.15) is 31.6 Å². The van der Waals surface area contributed by atoms with Crippen molar-refractivity contribution in [3.63, 3.8) is 0 Å². The summed E-state index contributed by atoms with van der Waals surface area (Å²) in [5.74, 6) is -1.97. The Bertz CT molecular complexity index is 1540. The molecule has 0 N–H and O–H groups in total. The molecule has 5 rings (SSSR count). The lowest BCUT2D eigenvalue weighted by Gasteiger charge is -2.47. The molecule has 3 aliphatic heterocycles. The molecule has 0 radical (unpaired) electrons. The van der Waals surface area contributed by atoms with E-state index in [9.17, 15) is 41.2 Å². The van der Waals surface area contributed by atoms with E-state index in [1.54, 1.807) is 25.1 Å². The highest BCUT2D eigenvalue weighted by Gasteiger charge is 2.55. The summed E-state index contributed by atoms with van der Waals surface area (Å²) in [5.41, 5.74) is -0.494. The van der Waals surface area contributed by atoms with Crippen molar-refractivity contribution in [1.29, 1.82) is 5.26 Å². The Morgan fingerprint density at radius 2 is 1.91 bits per heavy atom. The van der Waals surface area contributed by atoms with Crippen molar-refractivity contribution < 1.29 is 40.8 Å². The number of benzene rings is 1. The van der Waals surface area contributed by atoms with Gasteiger partial charge in [-0.1, -0.05) is 25.5 Å². The topological polar surface area (TPSA) is 76.9 Å². The average molecular weight is 653 g/mol. The zero-order chi connectivity index (χ0) is 32.6. The quantitative estimate of drug-likeness (QED) is 0.248. The van der Waals surface area contributed by atoms with E-state index < -0.39 is 40.8 Å². The Balaban J connectivity index is 1.46. The highest BCUT2D eigenvalue weighted by atomic mass is 32.1. The van der Waals surface area contributed by atoms with Gasteiger partial charge in [-0.15, -0.1) is 16.4 Å². The molecule has 3 atom stereocenters. The molecule has 1 fully saturated rings. The molecule has 1 aromatic heterocycles. The van der Waals surface area contributed by atoms with Gasteiger partial charge >= 0.3 is 12.5 Å². The maximum Gasteiger partial charge on any atom is 0.485 e. The lowest BCUT2D eigenvalue weighted by Crippen LogP contribution is -2.64. The lowest BCUT2D eigenvalue weighted by atomic mass is 9.81. The number of hydroxylamine groups is 2. The summed E-state index contributed by atoms with van der Waals surface area (Å²) in [6.45, 7) is 1.92. The van der Waals surface area contributed by atoms with E-state index >= 15 is 0 Å². The summed E-state index contributed by atoms with van der Waals surface area (Å²) >= 11 is 0.489. The average Bonchev–Trinajstić information content (AvgIpc) is 3.48. The van der Waals surface area contributed by atoms with Gasteiger partial charge in [0.25, 0.3) is 5.91 Å². The molecule has 2 aromatic rings. The summed E-state index contributed by atoms with van der Waals surface area (Å²) in [6, 6.07) is 6.62. The van der Waals surface area contributed by atoms with Crippen molar-refractivity contribution in [2.24, 2.45) is 5.92 Å². The van der Waals surface area contributed by atoms with Crippen LogP contribution in [0.25, 0.3) is 0 Å². The fraction of sp³-hybridized carbons (Fsp3) is 0.452. The number of thiophene rings is 1. The first-order valence-electron chi connectivity index (χ1n) is 14.4. The molecule has 0 spiro atoms. The molecule has 7 nitrogen and oxygen atoms in total. The fourth-order valence-electron chi connectivity index (χ4n) is 6.30. The van der Waals surface area contributed by atoms with Crippen LogP contribution >= 0.6 is 11.3 Å². The normalized spacial score (nSPS) is 23.9. The second kappa shape index (κ2) is 12.5. The number of amides is 1. The number of alkyl halides is 6. The van der Waals surface area contributed by atoms with Crippen molar-refractivity contribution in [2.45, 2.75) is 69.6 Å². The summed E-state index contributed by atoms with van der Waals surface area (Å²) in [5, 5.41) is 12.1. The minimum Gasteiger partial charge on any atom is -0.405 e. The van der Waals surface area contributed by atoms with Crippen LogP contribution in [0.3, 0.4) is 0 Å². The molecule has 1 aromatic carbocycles. The Morgan fingerprint density at radius 3 is 2.58 bits per heavy atom. The number of allylic oxidation sites excluding steroid dienone is 2. The van der Waals surface area contributed by atoms with Crippen LogP contribution in [0.2, 0.25) is 0 Å². The Morgan fingerprint density at radius 1 is 1.13 bits per heavy atom. The monoisotopic (exact) mass is 652 g/mol. The third kappa shape index (κ3) is 6.60. The summed E-state index contributed by atoms with van der Waals surface area (Å²) < 4.78 is 82.3. The molecule has 0 aliphatic carbocycles. The van der Waals surface area contributed by atoms with Crippen LogP contribution in [0.4, 0.5) is 26.3 Å². The number of rotatable bonds is 7. The maximum absolute atomic E-state index is 14.4. The molecule has 14 heteroatoms. The van der Waals surface area contributed by atoms with E-state index in [0.29, 0.717) is 47.4 Å². The van der Waals surface area contributed by atoms with Gasteiger partial charge in [0.1, 0.15) is 10.4 Å². The SMILES string of the molecule is CCC[C@]1(C(=O)N2Cc3ccc(C#N)cc3C[C@H]2C(=O)C2CCCN(Oc3csc(C(F)(F)F)c3)C2)C=CC=CN1C(F)(F)F.